The van der Waals surface area contributed by atoms with Crippen molar-refractivity contribution in [2.75, 3.05) is 50.9 Å². The molecule has 1 atom stereocenters. The molecule has 3 aliphatic rings. The zero-order valence-corrected chi connectivity index (χ0v) is 23.8. The lowest BCUT2D eigenvalue weighted by molar-refractivity contribution is 0.00803. The number of alkyl halides is 2. The van der Waals surface area contributed by atoms with Crippen LogP contribution in [0.1, 0.15) is 31.2 Å². The van der Waals surface area contributed by atoms with Crippen LogP contribution in [-0.2, 0) is 4.74 Å². The molecule has 3 aliphatic heterocycles. The maximum atomic E-state index is 16.6. The van der Waals surface area contributed by atoms with E-state index in [2.05, 4.69) is 20.9 Å². The van der Waals surface area contributed by atoms with Crippen LogP contribution in [0.15, 0.2) is 30.5 Å². The summed E-state index contributed by atoms with van der Waals surface area (Å²) in [5.74, 6) is -1.82. The SMILES string of the molecule is C#Cc1c(F)ccc2cc(O)cc(-c3ncc4c(N5CCCOCC5)nc(OCC56CCCN5CC(F)(F)C6)nc4c3F)c12. The third kappa shape index (κ3) is 4.84. The van der Waals surface area contributed by atoms with E-state index in [1.54, 1.807) is 4.90 Å². The van der Waals surface area contributed by atoms with E-state index < -0.39 is 23.1 Å². The Labute approximate surface area is 250 Å². The summed E-state index contributed by atoms with van der Waals surface area (Å²) in [6, 6.07) is 5.16. The van der Waals surface area contributed by atoms with Crippen LogP contribution in [0.4, 0.5) is 23.4 Å². The van der Waals surface area contributed by atoms with Gasteiger partial charge in [-0.25, -0.2) is 17.6 Å². The number of benzene rings is 2. The van der Waals surface area contributed by atoms with E-state index in [4.69, 9.17) is 15.9 Å². The van der Waals surface area contributed by atoms with Gasteiger partial charge in [-0.1, -0.05) is 12.0 Å². The van der Waals surface area contributed by atoms with Crippen molar-refractivity contribution in [3.05, 3.63) is 47.7 Å². The highest BCUT2D eigenvalue weighted by atomic mass is 19.3. The molecule has 2 aromatic heterocycles. The molecular weight excluding hydrogens is 578 g/mol. The van der Waals surface area contributed by atoms with Gasteiger partial charge in [0.1, 0.15) is 35.2 Å². The Hall–Kier alpha value is -4.21. The number of fused-ring (bicyclic) bond motifs is 3. The Balaban J connectivity index is 1.37. The number of hydrogen-bond acceptors (Lipinski definition) is 8. The highest BCUT2D eigenvalue weighted by Crippen LogP contribution is 2.46. The van der Waals surface area contributed by atoms with E-state index in [0.717, 1.165) is 6.42 Å². The van der Waals surface area contributed by atoms with Crippen LogP contribution in [0.5, 0.6) is 11.8 Å². The molecule has 8 nitrogen and oxygen atoms in total. The average Bonchev–Trinajstić information content (AvgIpc) is 3.32. The van der Waals surface area contributed by atoms with Gasteiger partial charge in [-0.3, -0.25) is 9.88 Å². The fraction of sp³-hybridized carbons (Fsp3) is 0.406. The number of rotatable bonds is 5. The van der Waals surface area contributed by atoms with Crippen LogP contribution in [0.3, 0.4) is 0 Å². The second-order valence-electron chi connectivity index (χ2n) is 11.7. The molecule has 2 aromatic carbocycles. The zero-order chi connectivity index (χ0) is 30.6. The molecule has 5 heterocycles. The summed E-state index contributed by atoms with van der Waals surface area (Å²) in [5, 5.41) is 11.4. The lowest BCUT2D eigenvalue weighted by atomic mass is 9.94. The molecule has 0 radical (unpaired) electrons. The van der Waals surface area contributed by atoms with E-state index in [9.17, 15) is 18.3 Å². The van der Waals surface area contributed by atoms with Crippen molar-refractivity contribution < 1.29 is 32.1 Å². The quantitative estimate of drug-likeness (QED) is 0.242. The maximum absolute atomic E-state index is 16.6. The topological polar surface area (TPSA) is 83.8 Å². The van der Waals surface area contributed by atoms with Crippen LogP contribution in [0.25, 0.3) is 32.9 Å². The monoisotopic (exact) mass is 607 g/mol. The number of anilines is 1. The second kappa shape index (κ2) is 10.7. The van der Waals surface area contributed by atoms with Crippen molar-refractivity contribution in [2.24, 2.45) is 0 Å². The number of aromatic hydroxyl groups is 1. The van der Waals surface area contributed by atoms with Crippen molar-refractivity contribution in [1.82, 2.24) is 19.9 Å². The number of phenols is 1. The lowest BCUT2D eigenvalue weighted by Crippen LogP contribution is -2.43. The van der Waals surface area contributed by atoms with E-state index >= 15 is 4.39 Å². The first-order chi connectivity index (χ1) is 21.2. The van der Waals surface area contributed by atoms with Crippen LogP contribution in [0.2, 0.25) is 0 Å². The van der Waals surface area contributed by atoms with Crippen molar-refractivity contribution in [1.29, 1.82) is 0 Å². The molecule has 12 heteroatoms. The number of hydrogen-bond donors (Lipinski definition) is 1. The third-order valence-corrected chi connectivity index (χ3v) is 8.84. The molecule has 0 spiro atoms. The zero-order valence-electron chi connectivity index (χ0n) is 23.8. The molecule has 1 N–H and O–H groups in total. The normalized spacial score (nSPS) is 21.8. The smallest absolute Gasteiger partial charge is 0.319 e. The average molecular weight is 608 g/mol. The highest BCUT2D eigenvalue weighted by Gasteiger charge is 2.57. The Kier molecular flexibility index (Phi) is 6.98. The van der Waals surface area contributed by atoms with Crippen molar-refractivity contribution in [2.45, 2.75) is 37.1 Å². The Morgan fingerprint density at radius 1 is 1.09 bits per heavy atom. The fourth-order valence-electron chi connectivity index (χ4n) is 6.90. The molecule has 3 saturated heterocycles. The van der Waals surface area contributed by atoms with Gasteiger partial charge < -0.3 is 19.5 Å². The van der Waals surface area contributed by atoms with Crippen molar-refractivity contribution in [3.8, 4) is 35.4 Å². The minimum atomic E-state index is -2.82. The lowest BCUT2D eigenvalue weighted by Gasteiger charge is -2.30. The van der Waals surface area contributed by atoms with Gasteiger partial charge in [-0.05, 0) is 49.4 Å². The minimum absolute atomic E-state index is 0.0712. The Morgan fingerprint density at radius 3 is 2.80 bits per heavy atom. The maximum Gasteiger partial charge on any atom is 0.319 e. The Morgan fingerprint density at radius 2 is 1.95 bits per heavy atom. The van der Waals surface area contributed by atoms with E-state index in [1.807, 2.05) is 4.90 Å². The molecule has 0 amide bonds. The number of aromatic nitrogens is 3. The molecular formula is C32H29F4N5O3. The molecule has 4 aromatic rings. The van der Waals surface area contributed by atoms with Crippen LogP contribution < -0.4 is 9.64 Å². The summed E-state index contributed by atoms with van der Waals surface area (Å²) in [5.41, 5.74) is -1.17. The van der Waals surface area contributed by atoms with E-state index in [-0.39, 0.29) is 59.1 Å². The van der Waals surface area contributed by atoms with Gasteiger partial charge in [-0.15, -0.1) is 6.42 Å². The molecule has 7 rings (SSSR count). The molecule has 3 fully saturated rings. The first-order valence-electron chi connectivity index (χ1n) is 14.5. The standard InChI is InChI=1S/C32H29F4N5O3/c1-2-21-24(33)6-5-19-13-20(42)14-22(25(19)21)27-26(34)28-23(15-37-27)29(40-8-4-11-43-12-10-40)39-30(38-28)44-18-31-7-3-9-41(31)17-32(35,36)16-31/h1,5-6,13-15,42H,3-4,7-12,16-18H2. The number of pyridine rings is 1. The first kappa shape index (κ1) is 28.6. The van der Waals surface area contributed by atoms with Crippen LogP contribution in [0, 0.1) is 24.0 Å². The number of nitrogens with zero attached hydrogens (tertiary/aromatic N) is 5. The number of terminal acetylenes is 1. The molecule has 1 unspecified atom stereocenters. The summed E-state index contributed by atoms with van der Waals surface area (Å²) in [7, 11) is 0. The van der Waals surface area contributed by atoms with E-state index in [0.29, 0.717) is 62.3 Å². The second-order valence-corrected chi connectivity index (χ2v) is 11.7. The van der Waals surface area contributed by atoms with Gasteiger partial charge >= 0.3 is 6.01 Å². The molecule has 0 bridgehead atoms. The van der Waals surface area contributed by atoms with Gasteiger partial charge in [0.25, 0.3) is 5.92 Å². The fourth-order valence-corrected chi connectivity index (χ4v) is 6.90. The van der Waals surface area contributed by atoms with Gasteiger partial charge in [0.15, 0.2) is 5.82 Å². The summed E-state index contributed by atoms with van der Waals surface area (Å²) in [4.78, 5) is 17.2. The summed E-state index contributed by atoms with van der Waals surface area (Å²) >= 11 is 0. The van der Waals surface area contributed by atoms with Crippen molar-refractivity contribution in [3.63, 3.8) is 0 Å². The van der Waals surface area contributed by atoms with Gasteiger partial charge in [-0.2, -0.15) is 9.97 Å². The minimum Gasteiger partial charge on any atom is -0.508 e. The first-order valence-corrected chi connectivity index (χ1v) is 14.5. The molecule has 228 valence electrons. The molecule has 0 saturated carbocycles. The van der Waals surface area contributed by atoms with Crippen LogP contribution in [-0.4, -0.2) is 82.4 Å². The summed E-state index contributed by atoms with van der Waals surface area (Å²) in [6.45, 7) is 2.19. The van der Waals surface area contributed by atoms with E-state index in [1.165, 1.54) is 30.5 Å². The van der Waals surface area contributed by atoms with Gasteiger partial charge in [0.2, 0.25) is 0 Å². The predicted molar refractivity (Wildman–Crippen MR) is 156 cm³/mol. The van der Waals surface area contributed by atoms with Gasteiger partial charge in [0.05, 0.1) is 29.6 Å². The number of halogens is 4. The van der Waals surface area contributed by atoms with Crippen molar-refractivity contribution >= 4 is 27.5 Å². The molecule has 44 heavy (non-hydrogen) atoms. The summed E-state index contributed by atoms with van der Waals surface area (Å²) in [6.07, 6.45) is 8.77. The van der Waals surface area contributed by atoms with Crippen LogP contribution >= 0.6 is 0 Å². The molecule has 0 aliphatic carbocycles. The number of ether oxygens (including phenoxy) is 2. The predicted octanol–water partition coefficient (Wildman–Crippen LogP) is 5.29. The third-order valence-electron chi connectivity index (χ3n) is 8.84. The largest absolute Gasteiger partial charge is 0.508 e. The highest BCUT2D eigenvalue weighted by molar-refractivity contribution is 6.03. The Bertz CT molecular complexity index is 1820. The summed E-state index contributed by atoms with van der Waals surface area (Å²) < 4.78 is 71.8. The van der Waals surface area contributed by atoms with Gasteiger partial charge in [0, 0.05) is 43.3 Å². The number of phenolic OH excluding ortho intramolecular Hbond substituents is 1.